The van der Waals surface area contributed by atoms with E-state index in [1.165, 1.54) is 18.5 Å². The minimum absolute atomic E-state index is 0.0211. The van der Waals surface area contributed by atoms with Crippen molar-refractivity contribution in [2.24, 2.45) is 5.92 Å². The minimum Gasteiger partial charge on any atom is -0.444 e. The van der Waals surface area contributed by atoms with Gasteiger partial charge in [0.25, 0.3) is 0 Å². The number of rotatable bonds is 5. The molecule has 1 aliphatic carbocycles. The van der Waals surface area contributed by atoms with Crippen molar-refractivity contribution in [3.05, 3.63) is 24.5 Å². The molecular weight excluding hydrogens is 330 g/mol. The van der Waals surface area contributed by atoms with Crippen LogP contribution >= 0.6 is 0 Å². The molecule has 1 aliphatic rings. The van der Waals surface area contributed by atoms with Gasteiger partial charge in [0.2, 0.25) is 10.0 Å². The Morgan fingerprint density at radius 2 is 2.12 bits per heavy atom. The summed E-state index contributed by atoms with van der Waals surface area (Å²) in [7, 11) is -3.54. The largest absolute Gasteiger partial charge is 0.444 e. The lowest BCUT2D eigenvalue weighted by atomic mass is 10.1. The van der Waals surface area contributed by atoms with E-state index in [-0.39, 0.29) is 16.9 Å². The number of sulfonamides is 1. The number of pyridine rings is 1. The number of aromatic nitrogens is 1. The van der Waals surface area contributed by atoms with E-state index in [9.17, 15) is 13.2 Å². The minimum atomic E-state index is -3.54. The molecule has 2 atom stereocenters. The summed E-state index contributed by atoms with van der Waals surface area (Å²) in [6.07, 6.45) is 4.83. The van der Waals surface area contributed by atoms with E-state index in [4.69, 9.17) is 4.74 Å². The van der Waals surface area contributed by atoms with Gasteiger partial charge < -0.3 is 10.1 Å². The molecule has 0 bridgehead atoms. The summed E-state index contributed by atoms with van der Waals surface area (Å²) in [6, 6.07) is 3.12. The van der Waals surface area contributed by atoms with E-state index >= 15 is 0 Å². The monoisotopic (exact) mass is 355 g/mol. The van der Waals surface area contributed by atoms with Gasteiger partial charge in [-0.2, -0.15) is 0 Å². The number of carbonyl (C=O) groups is 1. The number of nitrogens with one attached hydrogen (secondary N) is 2. The molecule has 1 aromatic rings. The first-order chi connectivity index (χ1) is 11.2. The quantitative estimate of drug-likeness (QED) is 0.842. The lowest BCUT2D eigenvalue weighted by Crippen LogP contribution is -2.38. The average Bonchev–Trinajstić information content (AvgIpc) is 2.92. The fraction of sp³-hybridized carbons (Fsp3) is 0.625. The van der Waals surface area contributed by atoms with Crippen LogP contribution in [-0.2, 0) is 14.8 Å². The van der Waals surface area contributed by atoms with Crippen molar-refractivity contribution in [2.75, 3.05) is 6.54 Å². The number of hydrogen-bond donors (Lipinski definition) is 2. The van der Waals surface area contributed by atoms with Gasteiger partial charge in [0.1, 0.15) is 10.5 Å². The summed E-state index contributed by atoms with van der Waals surface area (Å²) < 4.78 is 32.2. The van der Waals surface area contributed by atoms with Crippen LogP contribution in [0.2, 0.25) is 0 Å². The highest BCUT2D eigenvalue weighted by molar-refractivity contribution is 7.89. The van der Waals surface area contributed by atoms with Crippen LogP contribution in [0.15, 0.2) is 29.4 Å². The second-order valence-corrected chi connectivity index (χ2v) is 8.83. The van der Waals surface area contributed by atoms with Crippen molar-refractivity contribution in [3.63, 3.8) is 0 Å². The molecule has 8 heteroatoms. The van der Waals surface area contributed by atoms with Crippen LogP contribution in [0.5, 0.6) is 0 Å². The first kappa shape index (κ1) is 18.7. The van der Waals surface area contributed by atoms with Gasteiger partial charge >= 0.3 is 6.09 Å². The zero-order valence-corrected chi connectivity index (χ0v) is 15.1. The third kappa shape index (κ3) is 5.76. The molecule has 0 aliphatic heterocycles. The number of alkyl carbamates (subject to hydrolysis) is 1. The van der Waals surface area contributed by atoms with Crippen LogP contribution in [0.25, 0.3) is 0 Å². The highest BCUT2D eigenvalue weighted by atomic mass is 32.2. The molecule has 0 aromatic carbocycles. The number of hydrogen-bond acceptors (Lipinski definition) is 5. The van der Waals surface area contributed by atoms with Crippen molar-refractivity contribution in [3.8, 4) is 0 Å². The first-order valence-electron chi connectivity index (χ1n) is 8.05. The van der Waals surface area contributed by atoms with Crippen LogP contribution in [0, 0.1) is 5.92 Å². The fourth-order valence-corrected chi connectivity index (χ4v) is 3.76. The fourth-order valence-electron chi connectivity index (χ4n) is 2.68. The van der Waals surface area contributed by atoms with Crippen molar-refractivity contribution in [2.45, 2.75) is 56.6 Å². The molecule has 0 saturated heterocycles. The summed E-state index contributed by atoms with van der Waals surface area (Å²) >= 11 is 0. The molecule has 2 rings (SSSR count). The topological polar surface area (TPSA) is 97.4 Å². The normalized spacial score (nSPS) is 21.5. The maximum absolute atomic E-state index is 12.2. The molecule has 0 spiro atoms. The molecule has 134 valence electrons. The van der Waals surface area contributed by atoms with Gasteiger partial charge in [0, 0.05) is 25.0 Å². The molecule has 2 N–H and O–H groups in total. The second kappa shape index (κ2) is 7.48. The number of amides is 1. The SMILES string of the molecule is CC(C)(C)OC(=O)N[C@H]1CC[C@@H](CNS(=O)(=O)c2cccnc2)C1. The van der Waals surface area contributed by atoms with Crippen molar-refractivity contribution >= 4 is 16.1 Å². The molecule has 1 saturated carbocycles. The average molecular weight is 355 g/mol. The Hall–Kier alpha value is -1.67. The third-order valence-corrected chi connectivity index (χ3v) is 5.18. The first-order valence-corrected chi connectivity index (χ1v) is 9.53. The maximum atomic E-state index is 12.2. The van der Waals surface area contributed by atoms with Gasteiger partial charge in [-0.3, -0.25) is 4.98 Å². The van der Waals surface area contributed by atoms with Crippen molar-refractivity contribution < 1.29 is 17.9 Å². The predicted octanol–water partition coefficient (Wildman–Crippen LogP) is 2.05. The van der Waals surface area contributed by atoms with E-state index in [0.29, 0.717) is 6.54 Å². The molecule has 0 radical (unpaired) electrons. The Labute approximate surface area is 143 Å². The predicted molar refractivity (Wildman–Crippen MR) is 89.9 cm³/mol. The second-order valence-electron chi connectivity index (χ2n) is 7.06. The van der Waals surface area contributed by atoms with E-state index in [1.54, 1.807) is 6.07 Å². The Bertz CT molecular complexity index is 656. The summed E-state index contributed by atoms with van der Waals surface area (Å²) in [4.78, 5) is 15.8. The maximum Gasteiger partial charge on any atom is 0.407 e. The summed E-state index contributed by atoms with van der Waals surface area (Å²) in [5.74, 6) is 0.191. The molecular formula is C16H25N3O4S. The zero-order valence-electron chi connectivity index (χ0n) is 14.3. The summed E-state index contributed by atoms with van der Waals surface area (Å²) in [5, 5.41) is 2.85. The Balaban J connectivity index is 1.79. The van der Waals surface area contributed by atoms with Crippen LogP contribution < -0.4 is 10.0 Å². The molecule has 1 aromatic heterocycles. The third-order valence-electron chi connectivity index (χ3n) is 3.77. The molecule has 1 fully saturated rings. The van der Waals surface area contributed by atoms with Gasteiger partial charge in [-0.1, -0.05) is 0 Å². The Morgan fingerprint density at radius 3 is 2.75 bits per heavy atom. The van der Waals surface area contributed by atoms with Gasteiger partial charge in [-0.05, 0) is 58.1 Å². The lowest BCUT2D eigenvalue weighted by Gasteiger charge is -2.21. The Kier molecular flexibility index (Phi) is 5.82. The van der Waals surface area contributed by atoms with Crippen LogP contribution in [0.1, 0.15) is 40.0 Å². The number of ether oxygens (including phenoxy) is 1. The summed E-state index contributed by atoms with van der Waals surface area (Å²) in [6.45, 7) is 5.80. The smallest absolute Gasteiger partial charge is 0.407 e. The molecule has 1 heterocycles. The molecule has 0 unspecified atom stereocenters. The highest BCUT2D eigenvalue weighted by Gasteiger charge is 2.28. The lowest BCUT2D eigenvalue weighted by molar-refractivity contribution is 0.0504. The van der Waals surface area contributed by atoms with E-state index in [0.717, 1.165) is 19.3 Å². The highest BCUT2D eigenvalue weighted by Crippen LogP contribution is 2.25. The van der Waals surface area contributed by atoms with Crippen molar-refractivity contribution in [1.82, 2.24) is 15.0 Å². The molecule has 1 amide bonds. The van der Waals surface area contributed by atoms with Gasteiger partial charge in [-0.15, -0.1) is 0 Å². The van der Waals surface area contributed by atoms with E-state index in [2.05, 4.69) is 15.0 Å². The Morgan fingerprint density at radius 1 is 1.38 bits per heavy atom. The molecule has 24 heavy (non-hydrogen) atoms. The van der Waals surface area contributed by atoms with E-state index in [1.807, 2.05) is 20.8 Å². The number of carbonyl (C=O) groups excluding carboxylic acids is 1. The van der Waals surface area contributed by atoms with Crippen LogP contribution in [-0.4, -0.2) is 37.7 Å². The summed E-state index contributed by atoms with van der Waals surface area (Å²) in [5.41, 5.74) is -0.526. The van der Waals surface area contributed by atoms with Crippen molar-refractivity contribution in [1.29, 1.82) is 0 Å². The van der Waals surface area contributed by atoms with Crippen LogP contribution in [0.4, 0.5) is 4.79 Å². The van der Waals surface area contributed by atoms with Gasteiger partial charge in [-0.25, -0.2) is 17.9 Å². The van der Waals surface area contributed by atoms with E-state index < -0.39 is 21.7 Å². The van der Waals surface area contributed by atoms with Gasteiger partial charge in [0.15, 0.2) is 0 Å². The van der Waals surface area contributed by atoms with Gasteiger partial charge in [0.05, 0.1) is 0 Å². The zero-order chi connectivity index (χ0) is 17.8. The standard InChI is InChI=1S/C16H25N3O4S/c1-16(2,3)23-15(20)19-13-7-6-12(9-13)10-18-24(21,22)14-5-4-8-17-11-14/h4-5,8,11-13,18H,6-7,9-10H2,1-3H3,(H,19,20)/t12-,13+/m1/s1. The number of nitrogens with zero attached hydrogens (tertiary/aromatic N) is 1. The van der Waals surface area contributed by atoms with Crippen LogP contribution in [0.3, 0.4) is 0 Å². The molecule has 7 nitrogen and oxygen atoms in total.